The van der Waals surface area contributed by atoms with Crippen molar-refractivity contribution in [1.29, 1.82) is 0 Å². The summed E-state index contributed by atoms with van der Waals surface area (Å²) in [7, 11) is 0. The van der Waals surface area contributed by atoms with Crippen LogP contribution in [0.2, 0.25) is 4.34 Å². The monoisotopic (exact) mass is 493 g/mol. The molecule has 0 bridgehead atoms. The number of H-pyrrole nitrogens is 1. The van der Waals surface area contributed by atoms with E-state index in [4.69, 9.17) is 16.3 Å². The predicted molar refractivity (Wildman–Crippen MR) is 131 cm³/mol. The molecule has 7 nitrogen and oxygen atoms in total. The van der Waals surface area contributed by atoms with Gasteiger partial charge in [-0.15, -0.1) is 0 Å². The zero-order chi connectivity index (χ0) is 23.7. The minimum absolute atomic E-state index is 0.0139. The maximum atomic E-state index is 13.1. The highest BCUT2D eigenvalue weighted by molar-refractivity contribution is 7.17. The second kappa shape index (κ2) is 9.32. The maximum Gasteiger partial charge on any atom is 0.417 e. The molecule has 1 unspecified atom stereocenters. The zero-order valence-corrected chi connectivity index (χ0v) is 19.5. The summed E-state index contributed by atoms with van der Waals surface area (Å²) >= 11 is 7.05. The molecule has 172 valence electrons. The predicted octanol–water partition coefficient (Wildman–Crippen LogP) is 4.72. The van der Waals surface area contributed by atoms with Crippen LogP contribution >= 0.6 is 22.9 Å². The van der Waals surface area contributed by atoms with Crippen LogP contribution in [0.5, 0.6) is 5.06 Å². The van der Waals surface area contributed by atoms with Gasteiger partial charge in [-0.3, -0.25) is 14.9 Å². The topological polar surface area (TPSA) is 91.5 Å². The van der Waals surface area contributed by atoms with Gasteiger partial charge in [-0.05, 0) is 59.5 Å². The van der Waals surface area contributed by atoms with Gasteiger partial charge in [-0.2, -0.15) is 0 Å². The van der Waals surface area contributed by atoms with Crippen LogP contribution in [0, 0.1) is 5.92 Å². The fraction of sp³-hybridized carbons (Fsp3) is 0.160. The van der Waals surface area contributed by atoms with E-state index in [0.29, 0.717) is 40.2 Å². The average molecular weight is 494 g/mol. The minimum Gasteiger partial charge on any atom is -0.399 e. The Labute approximate surface area is 204 Å². The number of aromatic amines is 1. The van der Waals surface area contributed by atoms with Crippen molar-refractivity contribution in [2.75, 3.05) is 6.54 Å². The Bertz CT molecular complexity index is 1390. The lowest BCUT2D eigenvalue weighted by atomic mass is 9.92. The van der Waals surface area contributed by atoms with Crippen molar-refractivity contribution >= 4 is 34.9 Å². The number of benzene rings is 1. The van der Waals surface area contributed by atoms with Gasteiger partial charge in [0.2, 0.25) is 5.91 Å². The molecular weight excluding hydrogens is 474 g/mol. The molecule has 34 heavy (non-hydrogen) atoms. The van der Waals surface area contributed by atoms with E-state index in [0.717, 1.165) is 28.0 Å². The molecule has 2 aliphatic rings. The molecule has 2 aromatic heterocycles. The third kappa shape index (κ3) is 4.55. The number of carbonyl (C=O) groups is 2. The zero-order valence-electron chi connectivity index (χ0n) is 17.9. The third-order valence-electron chi connectivity index (χ3n) is 5.80. The highest BCUT2D eigenvalue weighted by atomic mass is 35.5. The molecule has 9 heteroatoms. The molecule has 1 aromatic carbocycles. The van der Waals surface area contributed by atoms with E-state index >= 15 is 0 Å². The molecule has 5 rings (SSSR count). The van der Waals surface area contributed by atoms with E-state index in [1.807, 2.05) is 36.4 Å². The van der Waals surface area contributed by atoms with Gasteiger partial charge in [0, 0.05) is 30.5 Å². The summed E-state index contributed by atoms with van der Waals surface area (Å²) in [5, 5.41) is 3.16. The highest BCUT2D eigenvalue weighted by Gasteiger charge is 2.38. The molecule has 0 spiro atoms. The fourth-order valence-corrected chi connectivity index (χ4v) is 5.12. The first-order valence-corrected chi connectivity index (χ1v) is 11.9. The van der Waals surface area contributed by atoms with E-state index in [9.17, 15) is 14.4 Å². The first-order valence-electron chi connectivity index (χ1n) is 10.7. The Kier molecular flexibility index (Phi) is 6.08. The molecule has 0 saturated carbocycles. The Morgan fingerprint density at radius 1 is 1.21 bits per heavy atom. The van der Waals surface area contributed by atoms with Crippen LogP contribution in [0.1, 0.15) is 12.0 Å². The number of likely N-dealkylation sites (tertiary alicyclic amines) is 1. The van der Waals surface area contributed by atoms with Crippen molar-refractivity contribution in [3.05, 3.63) is 98.4 Å². The van der Waals surface area contributed by atoms with Crippen molar-refractivity contribution in [3.63, 3.8) is 0 Å². The lowest BCUT2D eigenvalue weighted by molar-refractivity contribution is -0.131. The number of carbonyl (C=O) groups excluding carboxylic acids is 2. The van der Waals surface area contributed by atoms with Crippen molar-refractivity contribution in [1.82, 2.24) is 15.2 Å². The van der Waals surface area contributed by atoms with Gasteiger partial charge < -0.3 is 14.6 Å². The van der Waals surface area contributed by atoms with Crippen molar-refractivity contribution < 1.29 is 14.3 Å². The molecule has 3 heterocycles. The Balaban J connectivity index is 1.32. The fourth-order valence-electron chi connectivity index (χ4n) is 4.25. The number of hydrogen-bond acceptors (Lipinski definition) is 5. The number of amides is 2. The Hall–Kier alpha value is -3.62. The minimum atomic E-state index is -0.627. The maximum absolute atomic E-state index is 13.1. The first kappa shape index (κ1) is 22.2. The third-order valence-corrected chi connectivity index (χ3v) is 6.91. The van der Waals surface area contributed by atoms with Gasteiger partial charge in [0.15, 0.2) is 5.06 Å². The van der Waals surface area contributed by atoms with Gasteiger partial charge >= 0.3 is 6.09 Å². The SMILES string of the molecule is O=C(NC1=C2CN(Cc3cccc(-c4ccc[nH]c4=O)c3)C(=O)C2CC=C1)Oc1ccc(Cl)s1. The van der Waals surface area contributed by atoms with Crippen LogP contribution in [0.4, 0.5) is 4.79 Å². The number of halogens is 1. The molecule has 0 radical (unpaired) electrons. The number of nitrogens with zero attached hydrogens (tertiary/aromatic N) is 1. The Morgan fingerprint density at radius 2 is 2.09 bits per heavy atom. The number of rotatable bonds is 5. The molecule has 1 saturated heterocycles. The van der Waals surface area contributed by atoms with Crippen molar-refractivity contribution in [2.45, 2.75) is 13.0 Å². The van der Waals surface area contributed by atoms with Gasteiger partial charge in [0.05, 0.1) is 10.3 Å². The number of thiophene rings is 1. The van der Waals surface area contributed by atoms with Crippen LogP contribution in [0.25, 0.3) is 11.1 Å². The molecule has 1 fully saturated rings. The number of nitrogens with one attached hydrogen (secondary N) is 2. The van der Waals surface area contributed by atoms with Crippen LogP contribution in [0.3, 0.4) is 0 Å². The molecule has 2 N–H and O–H groups in total. The highest BCUT2D eigenvalue weighted by Crippen LogP contribution is 2.34. The number of hydrogen-bond donors (Lipinski definition) is 2. The van der Waals surface area contributed by atoms with Crippen LogP contribution in [-0.4, -0.2) is 28.4 Å². The second-order valence-corrected chi connectivity index (χ2v) is 9.69. The molecule has 1 aliphatic carbocycles. The number of ether oxygens (including phenoxy) is 1. The summed E-state index contributed by atoms with van der Waals surface area (Å²) in [6.45, 7) is 0.813. The van der Waals surface area contributed by atoms with Crippen molar-refractivity contribution in [2.24, 2.45) is 5.92 Å². The standard InChI is InChI=1S/C25H20ClN3O4S/c26-21-9-10-22(34-21)33-25(32)28-20-8-2-6-18-19(20)14-29(24(18)31)13-15-4-1-5-16(12-15)17-7-3-11-27-23(17)30/h1-5,7-12,18H,6,13-14H2,(H,27,30)(H,28,32). The summed E-state index contributed by atoms with van der Waals surface area (Å²) in [5.41, 5.74) is 3.59. The molecule has 1 aliphatic heterocycles. The van der Waals surface area contributed by atoms with E-state index < -0.39 is 6.09 Å². The van der Waals surface area contributed by atoms with Crippen LogP contribution < -0.4 is 15.6 Å². The number of aromatic nitrogens is 1. The van der Waals surface area contributed by atoms with Gasteiger partial charge in [0.1, 0.15) is 0 Å². The van der Waals surface area contributed by atoms with Gasteiger partial charge in [0.25, 0.3) is 5.56 Å². The number of allylic oxidation sites excluding steroid dienone is 2. The van der Waals surface area contributed by atoms with Crippen LogP contribution in [-0.2, 0) is 11.3 Å². The normalized spacial score (nSPS) is 17.1. The largest absolute Gasteiger partial charge is 0.417 e. The quantitative estimate of drug-likeness (QED) is 0.538. The Morgan fingerprint density at radius 3 is 2.88 bits per heavy atom. The molecule has 1 atom stereocenters. The van der Waals surface area contributed by atoms with Crippen molar-refractivity contribution in [3.8, 4) is 16.2 Å². The summed E-state index contributed by atoms with van der Waals surface area (Å²) in [6, 6.07) is 14.5. The second-order valence-electron chi connectivity index (χ2n) is 8.01. The first-order chi connectivity index (χ1) is 16.5. The van der Waals surface area contributed by atoms with E-state index in [1.54, 1.807) is 35.4 Å². The summed E-state index contributed by atoms with van der Waals surface area (Å²) in [6.07, 6.45) is 5.26. The van der Waals surface area contributed by atoms with E-state index in [2.05, 4.69) is 10.3 Å². The number of fused-ring (bicyclic) bond motifs is 1. The summed E-state index contributed by atoms with van der Waals surface area (Å²) in [5.74, 6) is -0.295. The molecule has 3 aromatic rings. The van der Waals surface area contributed by atoms with Gasteiger partial charge in [-0.1, -0.05) is 47.2 Å². The lowest BCUT2D eigenvalue weighted by Crippen LogP contribution is -2.28. The molecular formula is C25H20ClN3O4S. The van der Waals surface area contributed by atoms with Crippen LogP contribution in [0.15, 0.2) is 82.9 Å². The lowest BCUT2D eigenvalue weighted by Gasteiger charge is -2.16. The summed E-state index contributed by atoms with van der Waals surface area (Å²) in [4.78, 5) is 42.1. The van der Waals surface area contributed by atoms with Gasteiger partial charge in [-0.25, -0.2) is 4.79 Å². The number of pyridine rings is 1. The van der Waals surface area contributed by atoms with E-state index in [1.165, 1.54) is 0 Å². The average Bonchev–Trinajstić information content (AvgIpc) is 3.37. The summed E-state index contributed by atoms with van der Waals surface area (Å²) < 4.78 is 5.82. The smallest absolute Gasteiger partial charge is 0.399 e. The molecule has 2 amide bonds. The van der Waals surface area contributed by atoms with E-state index in [-0.39, 0.29) is 17.4 Å².